The molecule has 7 heteroatoms. The van der Waals surface area contributed by atoms with Crippen LogP contribution in [0.25, 0.3) is 0 Å². The van der Waals surface area contributed by atoms with Crippen molar-refractivity contribution in [3.8, 4) is 0 Å². The van der Waals surface area contributed by atoms with Crippen LogP contribution in [0.4, 0.5) is 5.69 Å². The van der Waals surface area contributed by atoms with E-state index in [2.05, 4.69) is 0 Å². The van der Waals surface area contributed by atoms with Gasteiger partial charge in [-0.3, -0.25) is 19.7 Å². The molecule has 0 aliphatic carbocycles. The Morgan fingerprint density at radius 1 is 1.00 bits per heavy atom. The summed E-state index contributed by atoms with van der Waals surface area (Å²) in [5.41, 5.74) is 0.843. The number of benzene rings is 1. The van der Waals surface area contributed by atoms with Crippen molar-refractivity contribution in [3.05, 3.63) is 39.4 Å². The van der Waals surface area contributed by atoms with E-state index in [4.69, 9.17) is 0 Å². The number of aryl methyl sites for hydroxylation is 1. The van der Waals surface area contributed by atoms with E-state index in [9.17, 15) is 19.7 Å². The Hall–Kier alpha value is -2.44. The number of nitrogens with zero attached hydrogens (tertiary/aromatic N) is 3. The van der Waals surface area contributed by atoms with Gasteiger partial charge in [0.15, 0.2) is 0 Å². The lowest BCUT2D eigenvalue weighted by atomic mass is 9.94. The Balaban J connectivity index is 1.60. The topological polar surface area (TPSA) is 83.8 Å². The quantitative estimate of drug-likeness (QED) is 0.602. The Kier molecular flexibility index (Phi) is 6.08. The van der Waals surface area contributed by atoms with Gasteiger partial charge in [-0.05, 0) is 38.7 Å². The Labute approximate surface area is 159 Å². The summed E-state index contributed by atoms with van der Waals surface area (Å²) >= 11 is 0. The van der Waals surface area contributed by atoms with E-state index in [1.165, 1.54) is 18.9 Å². The van der Waals surface area contributed by atoms with Crippen LogP contribution in [0.1, 0.15) is 54.4 Å². The van der Waals surface area contributed by atoms with Gasteiger partial charge >= 0.3 is 0 Å². The average molecular weight is 373 g/mol. The third kappa shape index (κ3) is 4.46. The zero-order valence-electron chi connectivity index (χ0n) is 15.9. The van der Waals surface area contributed by atoms with E-state index in [0.29, 0.717) is 37.1 Å². The standard InChI is InChI=1S/C20H27N3O4/c1-15-6-7-17(14-18(15)23(26)27)20(25)22-12-8-16(9-13-22)19(24)21-10-4-2-3-5-11-21/h6-7,14,16H,2-5,8-13H2,1H3. The molecule has 0 bridgehead atoms. The smallest absolute Gasteiger partial charge is 0.273 e. The van der Waals surface area contributed by atoms with Gasteiger partial charge in [0.1, 0.15) is 0 Å². The van der Waals surface area contributed by atoms with Gasteiger partial charge in [-0.25, -0.2) is 0 Å². The molecule has 27 heavy (non-hydrogen) atoms. The molecule has 2 aliphatic rings. The maximum atomic E-state index is 12.8. The molecule has 1 aromatic carbocycles. The van der Waals surface area contributed by atoms with Gasteiger partial charge in [-0.1, -0.05) is 18.9 Å². The monoisotopic (exact) mass is 373 g/mol. The highest BCUT2D eigenvalue weighted by Crippen LogP contribution is 2.25. The maximum Gasteiger partial charge on any atom is 0.273 e. The number of nitro benzene ring substituents is 1. The molecule has 1 aromatic rings. The average Bonchev–Trinajstić information content (AvgIpc) is 2.96. The van der Waals surface area contributed by atoms with Crippen molar-refractivity contribution in [1.29, 1.82) is 0 Å². The van der Waals surface area contributed by atoms with E-state index < -0.39 is 4.92 Å². The molecule has 0 atom stereocenters. The zero-order chi connectivity index (χ0) is 19.4. The zero-order valence-corrected chi connectivity index (χ0v) is 15.9. The van der Waals surface area contributed by atoms with Gasteiger partial charge in [-0.2, -0.15) is 0 Å². The van der Waals surface area contributed by atoms with Crippen LogP contribution in [-0.2, 0) is 4.79 Å². The van der Waals surface area contributed by atoms with Crippen molar-refractivity contribution in [3.63, 3.8) is 0 Å². The van der Waals surface area contributed by atoms with Crippen LogP contribution in [0.3, 0.4) is 0 Å². The number of carbonyl (C=O) groups excluding carboxylic acids is 2. The van der Waals surface area contributed by atoms with E-state index in [1.807, 2.05) is 4.90 Å². The third-order valence-corrected chi connectivity index (χ3v) is 5.70. The molecule has 2 fully saturated rings. The van der Waals surface area contributed by atoms with Crippen molar-refractivity contribution in [1.82, 2.24) is 9.80 Å². The molecule has 0 spiro atoms. The number of amides is 2. The molecule has 2 heterocycles. The summed E-state index contributed by atoms with van der Waals surface area (Å²) in [4.78, 5) is 39.8. The first-order valence-electron chi connectivity index (χ1n) is 9.80. The van der Waals surface area contributed by atoms with Crippen LogP contribution in [0.2, 0.25) is 0 Å². The third-order valence-electron chi connectivity index (χ3n) is 5.70. The highest BCUT2D eigenvalue weighted by Gasteiger charge is 2.31. The number of rotatable bonds is 3. The highest BCUT2D eigenvalue weighted by molar-refractivity contribution is 5.95. The fourth-order valence-electron chi connectivity index (χ4n) is 4.00. The predicted molar refractivity (Wildman–Crippen MR) is 102 cm³/mol. The van der Waals surface area contributed by atoms with Crippen molar-refractivity contribution in [2.75, 3.05) is 26.2 Å². The molecule has 0 aromatic heterocycles. The summed E-state index contributed by atoms with van der Waals surface area (Å²) in [6, 6.07) is 4.60. The summed E-state index contributed by atoms with van der Waals surface area (Å²) < 4.78 is 0. The van der Waals surface area contributed by atoms with E-state index in [1.54, 1.807) is 24.0 Å². The van der Waals surface area contributed by atoms with Crippen LogP contribution in [0.15, 0.2) is 18.2 Å². The van der Waals surface area contributed by atoms with Crippen LogP contribution in [0.5, 0.6) is 0 Å². The van der Waals surface area contributed by atoms with Crippen LogP contribution in [-0.4, -0.2) is 52.7 Å². The molecule has 0 radical (unpaired) electrons. The summed E-state index contributed by atoms with van der Waals surface area (Å²) in [5, 5.41) is 11.1. The fourth-order valence-corrected chi connectivity index (χ4v) is 4.00. The van der Waals surface area contributed by atoms with Crippen molar-refractivity contribution < 1.29 is 14.5 Å². The van der Waals surface area contributed by atoms with E-state index in [-0.39, 0.29) is 23.4 Å². The van der Waals surface area contributed by atoms with Crippen molar-refractivity contribution in [2.45, 2.75) is 45.4 Å². The lowest BCUT2D eigenvalue weighted by molar-refractivity contribution is -0.385. The number of likely N-dealkylation sites (tertiary alicyclic amines) is 2. The number of nitro groups is 1. The van der Waals surface area contributed by atoms with E-state index in [0.717, 1.165) is 25.9 Å². The number of hydrogen-bond acceptors (Lipinski definition) is 4. The fraction of sp³-hybridized carbons (Fsp3) is 0.600. The van der Waals surface area contributed by atoms with E-state index >= 15 is 0 Å². The van der Waals surface area contributed by atoms with Gasteiger partial charge < -0.3 is 9.80 Å². The minimum Gasteiger partial charge on any atom is -0.342 e. The van der Waals surface area contributed by atoms with Crippen LogP contribution >= 0.6 is 0 Å². The minimum atomic E-state index is -0.460. The molecule has 0 saturated carbocycles. The largest absolute Gasteiger partial charge is 0.342 e. The second-order valence-corrected chi connectivity index (χ2v) is 7.56. The molecule has 0 unspecified atom stereocenters. The summed E-state index contributed by atoms with van der Waals surface area (Å²) in [7, 11) is 0. The molecular formula is C20H27N3O4. The second kappa shape index (κ2) is 8.50. The number of piperidine rings is 1. The van der Waals surface area contributed by atoms with Gasteiger partial charge in [-0.15, -0.1) is 0 Å². The first kappa shape index (κ1) is 19.3. The van der Waals surface area contributed by atoms with Crippen molar-refractivity contribution >= 4 is 17.5 Å². The molecule has 2 aliphatic heterocycles. The SMILES string of the molecule is Cc1ccc(C(=O)N2CCC(C(=O)N3CCCCCC3)CC2)cc1[N+](=O)[O-]. The van der Waals surface area contributed by atoms with Gasteiger partial charge in [0.2, 0.25) is 5.91 Å². The second-order valence-electron chi connectivity index (χ2n) is 7.56. The van der Waals surface area contributed by atoms with Crippen molar-refractivity contribution in [2.24, 2.45) is 5.92 Å². The predicted octanol–water partition coefficient (Wildman–Crippen LogP) is 3.16. The maximum absolute atomic E-state index is 12.8. The molecular weight excluding hydrogens is 346 g/mol. The van der Waals surface area contributed by atoms with Gasteiger partial charge in [0.25, 0.3) is 11.6 Å². The molecule has 3 rings (SSSR count). The molecule has 7 nitrogen and oxygen atoms in total. The normalized spacial score (nSPS) is 18.9. The number of carbonyl (C=O) groups is 2. The molecule has 2 amide bonds. The number of hydrogen-bond donors (Lipinski definition) is 0. The Morgan fingerprint density at radius 2 is 1.63 bits per heavy atom. The molecule has 0 N–H and O–H groups in total. The lowest BCUT2D eigenvalue weighted by Gasteiger charge is -2.34. The Bertz CT molecular complexity index is 718. The van der Waals surface area contributed by atoms with Crippen LogP contribution in [0, 0.1) is 23.0 Å². The Morgan fingerprint density at radius 3 is 2.22 bits per heavy atom. The first-order chi connectivity index (χ1) is 13.0. The summed E-state index contributed by atoms with van der Waals surface area (Å²) in [6.07, 6.45) is 5.87. The summed E-state index contributed by atoms with van der Waals surface area (Å²) in [6.45, 7) is 4.40. The van der Waals surface area contributed by atoms with Gasteiger partial charge in [0, 0.05) is 49.3 Å². The lowest BCUT2D eigenvalue weighted by Crippen LogP contribution is -2.44. The minimum absolute atomic E-state index is 0.0143. The van der Waals surface area contributed by atoms with Crippen LogP contribution < -0.4 is 0 Å². The summed E-state index contributed by atoms with van der Waals surface area (Å²) in [5.74, 6) is 0.0215. The van der Waals surface area contributed by atoms with Gasteiger partial charge in [0.05, 0.1) is 4.92 Å². The molecule has 146 valence electrons. The highest BCUT2D eigenvalue weighted by atomic mass is 16.6. The molecule has 2 saturated heterocycles. The first-order valence-corrected chi connectivity index (χ1v) is 9.80.